The van der Waals surface area contributed by atoms with Crippen LogP contribution in [0.2, 0.25) is 0 Å². The maximum atomic E-state index is 11.7. The van der Waals surface area contributed by atoms with Gasteiger partial charge in [0.05, 0.1) is 23.5 Å². The number of aromatic nitrogens is 1. The number of pyridine rings is 1. The monoisotopic (exact) mass is 294 g/mol. The SMILES string of the molecule is CC(C)CC(=O)Nc1ccc(Nc2ccc(C#N)cc2)cn1. The Morgan fingerprint density at radius 3 is 2.41 bits per heavy atom. The van der Waals surface area contributed by atoms with E-state index in [1.165, 1.54) is 0 Å². The lowest BCUT2D eigenvalue weighted by atomic mass is 10.1. The van der Waals surface area contributed by atoms with Gasteiger partial charge in [-0.2, -0.15) is 5.26 Å². The van der Waals surface area contributed by atoms with Crippen LogP contribution in [0.5, 0.6) is 0 Å². The Labute approximate surface area is 130 Å². The highest BCUT2D eigenvalue weighted by atomic mass is 16.1. The van der Waals surface area contributed by atoms with Crippen molar-refractivity contribution in [1.29, 1.82) is 5.26 Å². The van der Waals surface area contributed by atoms with Gasteiger partial charge in [-0.1, -0.05) is 13.8 Å². The standard InChI is InChI=1S/C17H18N4O/c1-12(2)9-17(22)21-16-8-7-15(11-19-16)20-14-5-3-13(10-18)4-6-14/h3-8,11-12,20H,9H2,1-2H3,(H,19,21,22). The van der Waals surface area contributed by atoms with Gasteiger partial charge in [0.2, 0.25) is 5.91 Å². The van der Waals surface area contributed by atoms with Crippen LogP contribution in [-0.4, -0.2) is 10.9 Å². The molecule has 0 unspecified atom stereocenters. The third kappa shape index (κ3) is 4.60. The van der Waals surface area contributed by atoms with Crippen molar-refractivity contribution in [3.05, 3.63) is 48.2 Å². The number of rotatable bonds is 5. The third-order valence-electron chi connectivity index (χ3n) is 2.93. The molecule has 0 radical (unpaired) electrons. The largest absolute Gasteiger partial charge is 0.354 e. The Kier molecular flexibility index (Phi) is 5.10. The summed E-state index contributed by atoms with van der Waals surface area (Å²) in [6.07, 6.45) is 2.14. The van der Waals surface area contributed by atoms with Gasteiger partial charge in [0.1, 0.15) is 5.82 Å². The predicted octanol–water partition coefficient (Wildman–Crippen LogP) is 3.68. The van der Waals surface area contributed by atoms with Gasteiger partial charge in [-0.15, -0.1) is 0 Å². The van der Waals surface area contributed by atoms with E-state index >= 15 is 0 Å². The molecule has 2 N–H and O–H groups in total. The molecule has 1 heterocycles. The van der Waals surface area contributed by atoms with Gasteiger partial charge < -0.3 is 10.6 Å². The molecule has 0 saturated carbocycles. The zero-order valence-electron chi connectivity index (χ0n) is 12.6. The first-order chi connectivity index (χ1) is 10.6. The number of nitrogens with one attached hydrogen (secondary N) is 2. The molecule has 1 aromatic heterocycles. The summed E-state index contributed by atoms with van der Waals surface area (Å²) in [7, 11) is 0. The fraction of sp³-hybridized carbons (Fsp3) is 0.235. The van der Waals surface area contributed by atoms with Gasteiger partial charge in [0.25, 0.3) is 0 Å². The van der Waals surface area contributed by atoms with E-state index in [-0.39, 0.29) is 5.91 Å². The van der Waals surface area contributed by atoms with Gasteiger partial charge >= 0.3 is 0 Å². The van der Waals surface area contributed by atoms with Crippen molar-refractivity contribution in [2.45, 2.75) is 20.3 Å². The molecule has 0 aliphatic carbocycles. The molecule has 5 nitrogen and oxygen atoms in total. The van der Waals surface area contributed by atoms with E-state index in [1.807, 2.05) is 32.0 Å². The molecule has 0 saturated heterocycles. The number of anilines is 3. The van der Waals surface area contributed by atoms with Crippen LogP contribution in [-0.2, 0) is 4.79 Å². The summed E-state index contributed by atoms with van der Waals surface area (Å²) in [6, 6.07) is 12.8. The minimum atomic E-state index is -0.0321. The maximum absolute atomic E-state index is 11.7. The molecular formula is C17H18N4O. The zero-order chi connectivity index (χ0) is 15.9. The maximum Gasteiger partial charge on any atom is 0.225 e. The highest BCUT2D eigenvalue weighted by Crippen LogP contribution is 2.17. The number of amides is 1. The summed E-state index contributed by atoms with van der Waals surface area (Å²) in [5.74, 6) is 0.823. The number of carbonyl (C=O) groups excluding carboxylic acids is 1. The summed E-state index contributed by atoms with van der Waals surface area (Å²) in [5.41, 5.74) is 2.30. The van der Waals surface area contributed by atoms with E-state index in [0.717, 1.165) is 11.4 Å². The minimum absolute atomic E-state index is 0.0321. The van der Waals surface area contributed by atoms with Gasteiger partial charge in [-0.05, 0) is 42.3 Å². The molecule has 0 fully saturated rings. The molecule has 2 aromatic rings. The van der Waals surface area contributed by atoms with Crippen molar-refractivity contribution in [3.8, 4) is 6.07 Å². The van der Waals surface area contributed by atoms with Crippen LogP contribution in [0.1, 0.15) is 25.8 Å². The van der Waals surface area contributed by atoms with Gasteiger partial charge in [0, 0.05) is 12.1 Å². The fourth-order valence-corrected chi connectivity index (χ4v) is 1.90. The van der Waals surface area contributed by atoms with E-state index in [1.54, 1.807) is 24.4 Å². The lowest BCUT2D eigenvalue weighted by Crippen LogP contribution is -2.14. The van der Waals surface area contributed by atoms with Crippen LogP contribution in [0, 0.1) is 17.2 Å². The molecule has 0 aliphatic rings. The summed E-state index contributed by atoms with van der Waals surface area (Å²) < 4.78 is 0. The number of carbonyl (C=O) groups is 1. The Hall–Kier alpha value is -2.87. The second-order valence-corrected chi connectivity index (χ2v) is 5.39. The Balaban J connectivity index is 1.96. The molecule has 2 rings (SSSR count). The molecule has 0 bridgehead atoms. The number of hydrogen-bond donors (Lipinski definition) is 2. The van der Waals surface area contributed by atoms with Crippen LogP contribution >= 0.6 is 0 Å². The first-order valence-electron chi connectivity index (χ1n) is 7.10. The van der Waals surface area contributed by atoms with Crippen molar-refractivity contribution in [2.24, 2.45) is 5.92 Å². The van der Waals surface area contributed by atoms with Crippen molar-refractivity contribution >= 4 is 23.1 Å². The average molecular weight is 294 g/mol. The summed E-state index contributed by atoms with van der Waals surface area (Å²) in [5, 5.41) is 14.7. The highest BCUT2D eigenvalue weighted by molar-refractivity contribution is 5.89. The van der Waals surface area contributed by atoms with E-state index in [2.05, 4.69) is 21.7 Å². The predicted molar refractivity (Wildman–Crippen MR) is 86.8 cm³/mol. The number of nitriles is 1. The molecule has 1 aromatic carbocycles. The number of hydrogen-bond acceptors (Lipinski definition) is 4. The van der Waals surface area contributed by atoms with Crippen LogP contribution in [0.3, 0.4) is 0 Å². The lowest BCUT2D eigenvalue weighted by Gasteiger charge is -2.09. The summed E-state index contributed by atoms with van der Waals surface area (Å²) in [6.45, 7) is 4.00. The van der Waals surface area contributed by atoms with Crippen LogP contribution < -0.4 is 10.6 Å². The molecule has 5 heteroatoms. The number of benzene rings is 1. The van der Waals surface area contributed by atoms with Crippen molar-refractivity contribution in [1.82, 2.24) is 4.98 Å². The van der Waals surface area contributed by atoms with Crippen LogP contribution in [0.15, 0.2) is 42.6 Å². The minimum Gasteiger partial charge on any atom is -0.354 e. The second-order valence-electron chi connectivity index (χ2n) is 5.39. The summed E-state index contributed by atoms with van der Waals surface area (Å²) in [4.78, 5) is 15.9. The Morgan fingerprint density at radius 2 is 1.86 bits per heavy atom. The quantitative estimate of drug-likeness (QED) is 0.881. The van der Waals surface area contributed by atoms with E-state index in [0.29, 0.717) is 23.7 Å². The smallest absolute Gasteiger partial charge is 0.225 e. The molecule has 112 valence electrons. The van der Waals surface area contributed by atoms with Gasteiger partial charge in [0.15, 0.2) is 0 Å². The Bertz CT molecular complexity index is 669. The fourth-order valence-electron chi connectivity index (χ4n) is 1.90. The lowest BCUT2D eigenvalue weighted by molar-refractivity contribution is -0.116. The van der Waals surface area contributed by atoms with Crippen molar-refractivity contribution in [3.63, 3.8) is 0 Å². The summed E-state index contributed by atoms with van der Waals surface area (Å²) >= 11 is 0. The molecule has 0 aliphatic heterocycles. The van der Waals surface area contributed by atoms with Gasteiger partial charge in [-0.3, -0.25) is 4.79 Å². The topological polar surface area (TPSA) is 77.8 Å². The van der Waals surface area contributed by atoms with Crippen LogP contribution in [0.25, 0.3) is 0 Å². The van der Waals surface area contributed by atoms with E-state index < -0.39 is 0 Å². The molecule has 0 spiro atoms. The zero-order valence-corrected chi connectivity index (χ0v) is 12.6. The highest BCUT2D eigenvalue weighted by Gasteiger charge is 2.06. The number of nitrogens with zero attached hydrogens (tertiary/aromatic N) is 2. The first-order valence-corrected chi connectivity index (χ1v) is 7.10. The van der Waals surface area contributed by atoms with Crippen molar-refractivity contribution in [2.75, 3.05) is 10.6 Å². The molecule has 1 amide bonds. The molecule has 22 heavy (non-hydrogen) atoms. The molecular weight excluding hydrogens is 276 g/mol. The first kappa shape index (κ1) is 15.5. The normalized spacial score (nSPS) is 10.1. The second kappa shape index (κ2) is 7.23. The van der Waals surface area contributed by atoms with E-state index in [4.69, 9.17) is 5.26 Å². The Morgan fingerprint density at radius 1 is 1.18 bits per heavy atom. The van der Waals surface area contributed by atoms with Crippen molar-refractivity contribution < 1.29 is 4.79 Å². The average Bonchev–Trinajstić information content (AvgIpc) is 2.49. The van der Waals surface area contributed by atoms with Gasteiger partial charge in [-0.25, -0.2) is 4.98 Å². The third-order valence-corrected chi connectivity index (χ3v) is 2.93. The molecule has 0 atom stereocenters. The van der Waals surface area contributed by atoms with E-state index in [9.17, 15) is 4.79 Å². The van der Waals surface area contributed by atoms with Crippen LogP contribution in [0.4, 0.5) is 17.2 Å².